The van der Waals surface area contributed by atoms with E-state index in [2.05, 4.69) is 11.0 Å². The van der Waals surface area contributed by atoms with Crippen LogP contribution in [0, 0.1) is 46.7 Å². The van der Waals surface area contributed by atoms with Gasteiger partial charge >= 0.3 is 0 Å². The molecule has 0 unspecified atom stereocenters. The molecule has 4 aromatic carbocycles. The highest BCUT2D eigenvalue weighted by Gasteiger charge is 2.55. The summed E-state index contributed by atoms with van der Waals surface area (Å²) in [6, 6.07) is 20.8. The molecule has 2 saturated carbocycles. The second kappa shape index (κ2) is 14.5. The van der Waals surface area contributed by atoms with Crippen LogP contribution in [0.15, 0.2) is 84.9 Å². The van der Waals surface area contributed by atoms with E-state index in [9.17, 15) is 26.3 Å². The Morgan fingerprint density at radius 3 is 1.36 bits per heavy atom. The van der Waals surface area contributed by atoms with E-state index in [4.69, 9.17) is 19.1 Å². The van der Waals surface area contributed by atoms with Gasteiger partial charge in [0, 0.05) is 23.0 Å². The first kappa shape index (κ1) is 34.7. The third-order valence-electron chi connectivity index (χ3n) is 10.3. The van der Waals surface area contributed by atoms with Crippen LogP contribution in [0.3, 0.4) is 0 Å². The molecule has 50 heavy (non-hydrogen) atoms. The highest BCUT2D eigenvalue weighted by Crippen LogP contribution is 2.50. The number of halogens is 6. The van der Waals surface area contributed by atoms with E-state index < -0.39 is 34.3 Å². The van der Waals surface area contributed by atoms with Crippen molar-refractivity contribution in [2.45, 2.75) is 62.2 Å². The highest BCUT2D eigenvalue weighted by molar-refractivity contribution is 5.31. The second-order valence-corrected chi connectivity index (χ2v) is 13.4. The Hall–Kier alpha value is -3.78. The number of benzene rings is 4. The fraction of sp³-hybridized carbons (Fsp3) is 0.368. The smallest absolute Gasteiger partial charge is 0.159 e. The van der Waals surface area contributed by atoms with Gasteiger partial charge in [-0.2, -0.15) is 11.0 Å². The van der Waals surface area contributed by atoms with Crippen LogP contribution in [0.1, 0.15) is 47.9 Å². The lowest BCUT2D eigenvalue weighted by atomic mass is 9.82. The molecule has 2 heterocycles. The van der Waals surface area contributed by atoms with Gasteiger partial charge < -0.3 is 19.1 Å². The summed E-state index contributed by atoms with van der Waals surface area (Å²) in [5, 5.41) is 0. The molecule has 8 rings (SSSR count). The van der Waals surface area contributed by atoms with Crippen molar-refractivity contribution in [3.63, 3.8) is 0 Å². The number of hydrogen-bond acceptors (Lipinski definition) is 6. The van der Waals surface area contributed by atoms with Crippen LogP contribution in [-0.4, -0.2) is 25.4 Å². The van der Waals surface area contributed by atoms with Crippen LogP contribution in [0.25, 0.3) is 0 Å². The number of rotatable bonds is 8. The summed E-state index contributed by atoms with van der Waals surface area (Å²) in [6.45, 7) is 1.34. The van der Waals surface area contributed by atoms with Crippen molar-refractivity contribution >= 4 is 0 Å². The van der Waals surface area contributed by atoms with Crippen LogP contribution >= 0.6 is 0 Å². The minimum absolute atomic E-state index is 0.0966. The predicted octanol–water partition coefficient (Wildman–Crippen LogP) is 7.66. The third kappa shape index (κ3) is 6.80. The van der Waals surface area contributed by atoms with Crippen LogP contribution in [-0.2, 0) is 43.4 Å². The molecule has 0 aromatic heterocycles. The van der Waals surface area contributed by atoms with E-state index in [1.54, 1.807) is 36.4 Å². The van der Waals surface area contributed by atoms with E-state index in [1.807, 2.05) is 0 Å². The van der Waals surface area contributed by atoms with Gasteiger partial charge in [0.05, 0.1) is 49.7 Å². The number of hydroxylamine groups is 2. The van der Waals surface area contributed by atoms with Gasteiger partial charge in [-0.1, -0.05) is 48.5 Å². The van der Waals surface area contributed by atoms with Crippen LogP contribution in [0.5, 0.6) is 0 Å². The van der Waals surface area contributed by atoms with Crippen molar-refractivity contribution in [3.05, 3.63) is 142 Å². The van der Waals surface area contributed by atoms with Crippen LogP contribution in [0.2, 0.25) is 0 Å². The van der Waals surface area contributed by atoms with Crippen molar-refractivity contribution in [3.8, 4) is 0 Å². The maximum absolute atomic E-state index is 14.3. The predicted molar refractivity (Wildman–Crippen MR) is 170 cm³/mol. The first-order valence-corrected chi connectivity index (χ1v) is 16.6. The Morgan fingerprint density at radius 2 is 0.960 bits per heavy atom. The van der Waals surface area contributed by atoms with Crippen molar-refractivity contribution in [2.75, 3.05) is 13.2 Å². The molecule has 2 aliphatic heterocycles. The summed E-state index contributed by atoms with van der Waals surface area (Å²) in [7, 11) is 0. The number of ether oxygens (including phenoxy) is 2. The van der Waals surface area contributed by atoms with E-state index in [1.165, 1.54) is 24.3 Å². The molecule has 12 heteroatoms. The normalized spacial score (nSPS) is 28.3. The Kier molecular flexibility index (Phi) is 10.0. The number of hydrogen-bond donors (Lipinski definition) is 2. The van der Waals surface area contributed by atoms with Gasteiger partial charge in [-0.15, -0.1) is 0 Å². The Labute approximate surface area is 285 Å². The summed E-state index contributed by atoms with van der Waals surface area (Å²) in [5.41, 5.74) is 7.09. The molecule has 0 spiro atoms. The van der Waals surface area contributed by atoms with Gasteiger partial charge in [-0.3, -0.25) is 0 Å². The molecule has 6 nitrogen and oxygen atoms in total. The lowest BCUT2D eigenvalue weighted by Gasteiger charge is -2.28. The molecular formula is C38H36F6N2O4. The summed E-state index contributed by atoms with van der Waals surface area (Å²) < 4.78 is 93.0. The second-order valence-electron chi connectivity index (χ2n) is 13.4. The Bertz CT molecular complexity index is 1700. The fourth-order valence-electron chi connectivity index (χ4n) is 7.82. The third-order valence-corrected chi connectivity index (χ3v) is 10.3. The molecule has 0 bridgehead atoms. The first-order chi connectivity index (χ1) is 24.2. The largest absolute Gasteiger partial charge is 0.373 e. The zero-order chi connectivity index (χ0) is 34.9. The molecule has 0 radical (unpaired) electrons. The summed E-state index contributed by atoms with van der Waals surface area (Å²) in [5.74, 6) is -3.88. The SMILES string of the molecule is Fc1ccc(CO[C@@H]2C[C@H]3CON[C@@]3(c3ccccc3F)C2)cc1F.Fc1ccc(CO[C@H]2C[C@H]3CON[C@@]3(c3ccccc3F)C2)cc1F. The van der Waals surface area contributed by atoms with Gasteiger partial charge in [0.2, 0.25) is 0 Å². The molecule has 4 aromatic rings. The minimum atomic E-state index is -0.887. The fourth-order valence-corrected chi connectivity index (χ4v) is 7.82. The summed E-state index contributed by atoms with van der Waals surface area (Å²) in [6.07, 6.45) is 2.31. The quantitative estimate of drug-likeness (QED) is 0.185. The van der Waals surface area contributed by atoms with E-state index in [-0.39, 0.29) is 48.9 Å². The van der Waals surface area contributed by atoms with Gasteiger partial charge in [-0.25, -0.2) is 26.3 Å². The number of nitrogens with one attached hydrogen (secondary N) is 2. The van der Waals surface area contributed by atoms with E-state index in [0.29, 0.717) is 61.2 Å². The maximum atomic E-state index is 14.3. The maximum Gasteiger partial charge on any atom is 0.159 e. The number of fused-ring (bicyclic) bond motifs is 2. The van der Waals surface area contributed by atoms with E-state index >= 15 is 0 Å². The minimum Gasteiger partial charge on any atom is -0.373 e. The molecule has 6 atom stereocenters. The standard InChI is InChI=1S/2C19H18F3NO2/c2*20-16-4-2-1-3-15(16)19-9-14(8-13(19)11-25-23-19)24-10-12-5-6-17(21)18(22)7-12/h2*1-7,13-14,23H,8-11H2/t13-,14+,19-;13-,14-,19-/m00/s1. The monoisotopic (exact) mass is 698 g/mol. The molecular weight excluding hydrogens is 662 g/mol. The average molecular weight is 699 g/mol. The lowest BCUT2D eigenvalue weighted by Crippen LogP contribution is -2.39. The van der Waals surface area contributed by atoms with Crippen molar-refractivity contribution < 1.29 is 45.5 Å². The highest BCUT2D eigenvalue weighted by atomic mass is 19.2. The van der Waals surface area contributed by atoms with E-state index in [0.717, 1.165) is 24.3 Å². The molecule has 2 N–H and O–H groups in total. The van der Waals surface area contributed by atoms with Gasteiger partial charge in [0.15, 0.2) is 23.3 Å². The average Bonchev–Trinajstić information content (AvgIpc) is 3.86. The molecule has 264 valence electrons. The topological polar surface area (TPSA) is 61.0 Å². The van der Waals surface area contributed by atoms with Crippen molar-refractivity contribution in [2.24, 2.45) is 11.8 Å². The van der Waals surface area contributed by atoms with Gasteiger partial charge in [-0.05, 0) is 73.2 Å². The summed E-state index contributed by atoms with van der Waals surface area (Å²) >= 11 is 0. The Morgan fingerprint density at radius 1 is 0.540 bits per heavy atom. The molecule has 2 saturated heterocycles. The first-order valence-electron chi connectivity index (χ1n) is 16.6. The van der Waals surface area contributed by atoms with Crippen LogP contribution < -0.4 is 11.0 Å². The lowest BCUT2D eigenvalue weighted by molar-refractivity contribution is 0.00364. The molecule has 0 amide bonds. The molecule has 2 aliphatic carbocycles. The summed E-state index contributed by atoms with van der Waals surface area (Å²) in [4.78, 5) is 10.8. The van der Waals surface area contributed by atoms with Crippen molar-refractivity contribution in [1.29, 1.82) is 0 Å². The van der Waals surface area contributed by atoms with Gasteiger partial charge in [0.1, 0.15) is 11.6 Å². The Balaban J connectivity index is 0.000000157. The molecule has 4 aliphatic rings. The van der Waals surface area contributed by atoms with Crippen LogP contribution in [0.4, 0.5) is 26.3 Å². The van der Waals surface area contributed by atoms with Crippen molar-refractivity contribution in [1.82, 2.24) is 11.0 Å². The van der Waals surface area contributed by atoms with Gasteiger partial charge in [0.25, 0.3) is 0 Å². The zero-order valence-electron chi connectivity index (χ0n) is 26.9. The molecule has 4 fully saturated rings. The zero-order valence-corrected chi connectivity index (χ0v) is 26.9.